The van der Waals surface area contributed by atoms with Gasteiger partial charge in [0.15, 0.2) is 0 Å². The normalized spacial score (nSPS) is 16.2. The number of rotatable bonds is 5. The first-order valence-electron chi connectivity index (χ1n) is 10.7. The van der Waals surface area contributed by atoms with Crippen molar-refractivity contribution in [1.82, 2.24) is 14.3 Å². The molecular formula is C24H20ClN3O5S2. The van der Waals surface area contributed by atoms with Crippen molar-refractivity contribution in [3.63, 3.8) is 0 Å². The molecule has 1 aliphatic heterocycles. The minimum atomic E-state index is -3.66. The SMILES string of the molecule is CS(=O)(=O)N1Cc2ccccc2C[C@@H]1C(=O)OCc1nc2scc(-c3ccccc3Cl)c2c(=O)[nH]1. The third-order valence-electron chi connectivity index (χ3n) is 5.91. The second kappa shape index (κ2) is 9.19. The van der Waals surface area contributed by atoms with Crippen molar-refractivity contribution in [2.24, 2.45) is 0 Å². The highest BCUT2D eigenvalue weighted by atomic mass is 35.5. The van der Waals surface area contributed by atoms with Gasteiger partial charge in [-0.05, 0) is 17.2 Å². The van der Waals surface area contributed by atoms with Gasteiger partial charge in [-0.25, -0.2) is 13.4 Å². The van der Waals surface area contributed by atoms with Crippen molar-refractivity contribution in [2.75, 3.05) is 6.26 Å². The fraction of sp³-hybridized carbons (Fsp3) is 0.208. The quantitative estimate of drug-likeness (QED) is 0.394. The lowest BCUT2D eigenvalue weighted by Gasteiger charge is -2.33. The number of thiophene rings is 1. The summed E-state index contributed by atoms with van der Waals surface area (Å²) in [7, 11) is -3.66. The number of carbonyl (C=O) groups is 1. The number of halogens is 1. The van der Waals surface area contributed by atoms with Crippen LogP contribution in [0.3, 0.4) is 0 Å². The van der Waals surface area contributed by atoms with Gasteiger partial charge >= 0.3 is 5.97 Å². The molecule has 0 bridgehead atoms. The van der Waals surface area contributed by atoms with Crippen LogP contribution < -0.4 is 5.56 Å². The molecule has 35 heavy (non-hydrogen) atoms. The molecule has 8 nitrogen and oxygen atoms in total. The van der Waals surface area contributed by atoms with Crippen LogP contribution in [0.4, 0.5) is 0 Å². The molecule has 3 heterocycles. The van der Waals surface area contributed by atoms with Crippen LogP contribution in [0.25, 0.3) is 21.3 Å². The monoisotopic (exact) mass is 529 g/mol. The molecular weight excluding hydrogens is 510 g/mol. The van der Waals surface area contributed by atoms with Gasteiger partial charge in [0.05, 0.1) is 11.6 Å². The Bertz CT molecular complexity index is 1610. The van der Waals surface area contributed by atoms with E-state index in [1.807, 2.05) is 47.8 Å². The van der Waals surface area contributed by atoms with E-state index in [9.17, 15) is 18.0 Å². The van der Waals surface area contributed by atoms with Gasteiger partial charge in [0, 0.05) is 34.5 Å². The number of nitrogens with zero attached hydrogens (tertiary/aromatic N) is 2. The maximum Gasteiger partial charge on any atom is 0.325 e. The average molecular weight is 530 g/mol. The van der Waals surface area contributed by atoms with Crippen molar-refractivity contribution in [3.05, 3.63) is 86.2 Å². The molecule has 0 fully saturated rings. The van der Waals surface area contributed by atoms with E-state index >= 15 is 0 Å². The number of esters is 1. The summed E-state index contributed by atoms with van der Waals surface area (Å²) in [6.07, 6.45) is 1.28. The van der Waals surface area contributed by atoms with Gasteiger partial charge in [0.2, 0.25) is 10.0 Å². The first-order chi connectivity index (χ1) is 16.7. The lowest BCUT2D eigenvalue weighted by atomic mass is 9.96. The molecule has 5 rings (SSSR count). The molecule has 0 unspecified atom stereocenters. The van der Waals surface area contributed by atoms with Crippen molar-refractivity contribution in [3.8, 4) is 11.1 Å². The molecule has 2 aromatic heterocycles. The summed E-state index contributed by atoms with van der Waals surface area (Å²) in [6.45, 7) is -0.199. The van der Waals surface area contributed by atoms with E-state index in [0.29, 0.717) is 20.8 Å². The molecule has 0 amide bonds. The fourth-order valence-electron chi connectivity index (χ4n) is 4.22. The second-order valence-electron chi connectivity index (χ2n) is 8.23. The summed E-state index contributed by atoms with van der Waals surface area (Å²) in [6, 6.07) is 13.6. The summed E-state index contributed by atoms with van der Waals surface area (Å²) in [4.78, 5) is 33.4. The average Bonchev–Trinajstić information content (AvgIpc) is 3.26. The van der Waals surface area contributed by atoms with Crippen molar-refractivity contribution < 1.29 is 17.9 Å². The van der Waals surface area contributed by atoms with Gasteiger partial charge in [-0.1, -0.05) is 54.1 Å². The molecule has 2 aromatic carbocycles. The Morgan fingerprint density at radius 2 is 1.89 bits per heavy atom. The van der Waals surface area contributed by atoms with Gasteiger partial charge in [0.1, 0.15) is 23.3 Å². The van der Waals surface area contributed by atoms with Crippen molar-refractivity contribution in [2.45, 2.75) is 25.6 Å². The molecule has 4 aromatic rings. The zero-order chi connectivity index (χ0) is 24.7. The summed E-state index contributed by atoms with van der Waals surface area (Å²) in [5.74, 6) is -0.527. The Hall–Kier alpha value is -3.05. The van der Waals surface area contributed by atoms with E-state index in [0.717, 1.165) is 27.3 Å². The molecule has 0 spiro atoms. The van der Waals surface area contributed by atoms with E-state index in [4.69, 9.17) is 16.3 Å². The molecule has 180 valence electrons. The van der Waals surface area contributed by atoms with Crippen LogP contribution in [0.5, 0.6) is 0 Å². The third-order valence-corrected chi connectivity index (χ3v) is 8.35. The first-order valence-corrected chi connectivity index (χ1v) is 13.8. The number of sulfonamides is 1. The zero-order valence-corrected chi connectivity index (χ0v) is 20.9. The van der Waals surface area contributed by atoms with Gasteiger partial charge in [-0.3, -0.25) is 9.59 Å². The molecule has 0 saturated heterocycles. The van der Waals surface area contributed by atoms with Crippen LogP contribution in [0.2, 0.25) is 5.02 Å². The molecule has 0 radical (unpaired) electrons. The summed E-state index contributed by atoms with van der Waals surface area (Å²) >= 11 is 7.59. The number of fused-ring (bicyclic) bond motifs is 2. The van der Waals surface area contributed by atoms with Gasteiger partial charge in [0.25, 0.3) is 5.56 Å². The lowest BCUT2D eigenvalue weighted by molar-refractivity contribution is -0.150. The topological polar surface area (TPSA) is 109 Å². The zero-order valence-electron chi connectivity index (χ0n) is 18.5. The van der Waals surface area contributed by atoms with Crippen LogP contribution in [0.15, 0.2) is 58.7 Å². The Morgan fingerprint density at radius 3 is 2.63 bits per heavy atom. The number of aromatic amines is 1. The highest BCUT2D eigenvalue weighted by molar-refractivity contribution is 7.88. The van der Waals surface area contributed by atoms with Crippen molar-refractivity contribution in [1.29, 1.82) is 0 Å². The van der Waals surface area contributed by atoms with Crippen LogP contribution >= 0.6 is 22.9 Å². The number of hydrogen-bond acceptors (Lipinski definition) is 7. The van der Waals surface area contributed by atoms with E-state index < -0.39 is 22.0 Å². The molecule has 1 aliphatic rings. The number of H-pyrrole nitrogens is 1. The minimum Gasteiger partial charge on any atom is -0.456 e. The standard InChI is InChI=1S/C24H20ClN3O5S2/c1-35(31,32)28-11-15-7-3-2-6-14(15)10-19(28)24(30)33-12-20-26-22(29)21-17(13-34-23(21)27-20)16-8-4-5-9-18(16)25/h2-9,13,19H,10-12H2,1H3,(H,26,27,29)/t19-/m1/s1. The summed E-state index contributed by atoms with van der Waals surface area (Å²) < 4.78 is 31.3. The van der Waals surface area contributed by atoms with E-state index in [1.54, 1.807) is 6.07 Å². The number of ether oxygens (including phenoxy) is 1. The number of carbonyl (C=O) groups excluding carboxylic acids is 1. The minimum absolute atomic E-state index is 0.0931. The van der Waals surface area contributed by atoms with Crippen LogP contribution in [-0.4, -0.2) is 41.0 Å². The van der Waals surface area contributed by atoms with E-state index in [-0.39, 0.29) is 31.0 Å². The van der Waals surface area contributed by atoms with E-state index in [2.05, 4.69) is 9.97 Å². The number of aromatic nitrogens is 2. The predicted octanol–water partition coefficient (Wildman–Crippen LogP) is 3.73. The summed E-state index contributed by atoms with van der Waals surface area (Å²) in [5, 5.41) is 2.74. The lowest BCUT2D eigenvalue weighted by Crippen LogP contribution is -2.48. The molecule has 1 atom stereocenters. The Balaban J connectivity index is 1.39. The van der Waals surface area contributed by atoms with Crippen LogP contribution in [0, 0.1) is 0 Å². The van der Waals surface area contributed by atoms with Crippen LogP contribution in [-0.2, 0) is 39.1 Å². The molecule has 11 heteroatoms. The fourth-order valence-corrected chi connectivity index (χ4v) is 6.42. The van der Waals surface area contributed by atoms with E-state index in [1.165, 1.54) is 11.3 Å². The molecule has 1 N–H and O–H groups in total. The highest BCUT2D eigenvalue weighted by Crippen LogP contribution is 2.35. The Kier molecular flexibility index (Phi) is 6.22. The maximum atomic E-state index is 13.0. The predicted molar refractivity (Wildman–Crippen MR) is 135 cm³/mol. The smallest absolute Gasteiger partial charge is 0.325 e. The molecule has 0 saturated carbocycles. The van der Waals surface area contributed by atoms with Crippen LogP contribution in [0.1, 0.15) is 17.0 Å². The maximum absolute atomic E-state index is 13.0. The Labute approximate surface area is 210 Å². The largest absolute Gasteiger partial charge is 0.456 e. The first kappa shape index (κ1) is 23.7. The van der Waals surface area contributed by atoms with Crippen molar-refractivity contribution >= 4 is 49.1 Å². The highest BCUT2D eigenvalue weighted by Gasteiger charge is 2.37. The van der Waals surface area contributed by atoms with Gasteiger partial charge in [-0.15, -0.1) is 11.3 Å². The number of benzene rings is 2. The number of nitrogens with one attached hydrogen (secondary N) is 1. The number of hydrogen-bond donors (Lipinski definition) is 1. The Morgan fingerprint density at radius 1 is 1.17 bits per heavy atom. The second-order valence-corrected chi connectivity index (χ2v) is 11.4. The van der Waals surface area contributed by atoms with Gasteiger partial charge in [-0.2, -0.15) is 4.31 Å². The third kappa shape index (κ3) is 4.62. The molecule has 0 aliphatic carbocycles. The van der Waals surface area contributed by atoms with Gasteiger partial charge < -0.3 is 9.72 Å². The summed E-state index contributed by atoms with van der Waals surface area (Å²) in [5.41, 5.74) is 2.78.